The van der Waals surface area contributed by atoms with E-state index in [1.807, 2.05) is 59.7 Å². The molecule has 2 aromatic carbocycles. The van der Waals surface area contributed by atoms with Crippen LogP contribution in [0.15, 0.2) is 34.8 Å². The zero-order valence-electron chi connectivity index (χ0n) is 17.6. The molecule has 0 spiro atoms. The summed E-state index contributed by atoms with van der Waals surface area (Å²) in [5, 5.41) is 4.00. The maximum atomic E-state index is 12.6. The van der Waals surface area contributed by atoms with E-state index in [1.165, 1.54) is 0 Å². The Hall–Kier alpha value is -3.01. The van der Waals surface area contributed by atoms with Gasteiger partial charge in [-0.3, -0.25) is 4.79 Å². The fourth-order valence-corrected chi connectivity index (χ4v) is 3.67. The molecule has 0 unspecified atom stereocenters. The Morgan fingerprint density at radius 3 is 2.25 bits per heavy atom. The van der Waals surface area contributed by atoms with Gasteiger partial charge in [0.25, 0.3) is 0 Å². The number of benzene rings is 2. The lowest BCUT2D eigenvalue weighted by Gasteiger charge is -2.13. The number of furan rings is 1. The third-order valence-electron chi connectivity index (χ3n) is 5.11. The Kier molecular flexibility index (Phi) is 5.32. The third-order valence-corrected chi connectivity index (χ3v) is 5.11. The summed E-state index contributed by atoms with van der Waals surface area (Å²) in [6, 6.07) is 8.04. The zero-order chi connectivity index (χ0) is 20.6. The molecule has 0 aliphatic carbocycles. The number of allylic oxidation sites excluding steroid dienone is 1. The van der Waals surface area contributed by atoms with Crippen molar-refractivity contribution in [1.82, 2.24) is 0 Å². The molecule has 4 nitrogen and oxygen atoms in total. The number of amides is 1. The summed E-state index contributed by atoms with van der Waals surface area (Å²) in [6.07, 6.45) is 1.61. The fraction of sp³-hybridized carbons (Fsp3) is 0.292. The smallest absolute Gasteiger partial charge is 0.248 e. The first-order chi connectivity index (χ1) is 13.2. The van der Waals surface area contributed by atoms with Crippen LogP contribution in [0, 0.1) is 34.6 Å². The molecule has 4 heteroatoms. The van der Waals surface area contributed by atoms with Crippen LogP contribution in [0.3, 0.4) is 0 Å². The molecule has 0 aliphatic rings. The summed E-state index contributed by atoms with van der Waals surface area (Å²) >= 11 is 0. The summed E-state index contributed by atoms with van der Waals surface area (Å²) in [4.78, 5) is 12.6. The Morgan fingerprint density at radius 1 is 1.00 bits per heavy atom. The predicted octanol–water partition coefficient (Wildman–Crippen LogP) is 6.03. The lowest BCUT2D eigenvalue weighted by molar-refractivity contribution is -0.111. The molecule has 0 radical (unpaired) electrons. The van der Waals surface area contributed by atoms with Gasteiger partial charge in [0.05, 0.1) is 7.11 Å². The van der Waals surface area contributed by atoms with Gasteiger partial charge in [-0.15, -0.1) is 0 Å². The number of methoxy groups -OCH3 is 1. The molecule has 3 rings (SSSR count). The average molecular weight is 377 g/mol. The zero-order valence-corrected chi connectivity index (χ0v) is 17.6. The Morgan fingerprint density at radius 2 is 1.64 bits per heavy atom. The van der Waals surface area contributed by atoms with Crippen LogP contribution in [0.5, 0.6) is 5.75 Å². The van der Waals surface area contributed by atoms with E-state index in [-0.39, 0.29) is 5.91 Å². The number of ether oxygens (including phenoxy) is 1. The molecule has 0 aliphatic heterocycles. The highest BCUT2D eigenvalue weighted by Gasteiger charge is 2.18. The first kappa shape index (κ1) is 19.7. The van der Waals surface area contributed by atoms with Crippen molar-refractivity contribution in [2.75, 3.05) is 12.4 Å². The number of hydrogen-bond donors (Lipinski definition) is 1. The molecule has 0 saturated heterocycles. The van der Waals surface area contributed by atoms with Crippen molar-refractivity contribution in [2.45, 2.75) is 41.5 Å². The standard InChI is InChI=1S/C24H27NO3/c1-13-8-14(2)10-19(9-13)25-22(26)11-15(3)20-12-21-16(4)18(6)28-24(21)17(5)23(20)27-7/h8-12H,1-7H3,(H,25,26)/b15-11+. The second-order valence-corrected chi connectivity index (χ2v) is 7.44. The van der Waals surface area contributed by atoms with Crippen molar-refractivity contribution in [2.24, 2.45) is 0 Å². The van der Waals surface area contributed by atoms with E-state index in [0.717, 1.165) is 61.6 Å². The minimum absolute atomic E-state index is 0.164. The number of nitrogens with one attached hydrogen (secondary N) is 1. The van der Waals surface area contributed by atoms with E-state index in [0.29, 0.717) is 0 Å². The molecule has 146 valence electrons. The number of carbonyl (C=O) groups is 1. The van der Waals surface area contributed by atoms with Crippen LogP contribution in [-0.4, -0.2) is 13.0 Å². The molecule has 3 aromatic rings. The largest absolute Gasteiger partial charge is 0.496 e. The molecule has 1 N–H and O–H groups in total. The molecule has 1 aromatic heterocycles. The molecule has 28 heavy (non-hydrogen) atoms. The first-order valence-electron chi connectivity index (χ1n) is 9.36. The van der Waals surface area contributed by atoms with Gasteiger partial charge in [0.2, 0.25) is 5.91 Å². The number of fused-ring (bicyclic) bond motifs is 1. The van der Waals surface area contributed by atoms with Crippen molar-refractivity contribution < 1.29 is 13.9 Å². The Balaban J connectivity index is 2.00. The maximum Gasteiger partial charge on any atom is 0.248 e. The van der Waals surface area contributed by atoms with Gasteiger partial charge in [0.15, 0.2) is 0 Å². The van der Waals surface area contributed by atoms with E-state index in [1.54, 1.807) is 13.2 Å². The topological polar surface area (TPSA) is 51.5 Å². The highest BCUT2D eigenvalue weighted by atomic mass is 16.5. The second kappa shape index (κ2) is 7.55. The van der Waals surface area contributed by atoms with Crippen LogP contribution >= 0.6 is 0 Å². The summed E-state index contributed by atoms with van der Waals surface area (Å²) in [6.45, 7) is 11.9. The van der Waals surface area contributed by atoms with Crippen LogP contribution in [0.2, 0.25) is 0 Å². The molecule has 1 heterocycles. The summed E-state index contributed by atoms with van der Waals surface area (Å²) in [5.41, 5.74) is 7.64. The van der Waals surface area contributed by atoms with Gasteiger partial charge in [0, 0.05) is 28.3 Å². The van der Waals surface area contributed by atoms with Gasteiger partial charge in [-0.1, -0.05) is 6.07 Å². The van der Waals surface area contributed by atoms with Gasteiger partial charge >= 0.3 is 0 Å². The van der Waals surface area contributed by atoms with Gasteiger partial charge in [0.1, 0.15) is 17.1 Å². The number of anilines is 1. The molecule has 0 atom stereocenters. The van der Waals surface area contributed by atoms with Crippen LogP contribution < -0.4 is 10.1 Å². The number of hydrogen-bond acceptors (Lipinski definition) is 3. The lowest BCUT2D eigenvalue weighted by Crippen LogP contribution is -2.09. The van der Waals surface area contributed by atoms with Crippen molar-refractivity contribution >= 4 is 28.1 Å². The van der Waals surface area contributed by atoms with Crippen LogP contribution in [-0.2, 0) is 4.79 Å². The number of rotatable bonds is 4. The average Bonchev–Trinajstić information content (AvgIpc) is 2.89. The molecule has 1 amide bonds. The Labute approximate surface area is 166 Å². The van der Waals surface area contributed by atoms with Gasteiger partial charge in [-0.2, -0.15) is 0 Å². The SMILES string of the molecule is COc1c(/C(C)=C/C(=O)Nc2cc(C)cc(C)c2)cc2c(C)c(C)oc2c1C. The number of aryl methyl sites for hydroxylation is 5. The summed E-state index contributed by atoms with van der Waals surface area (Å²) < 4.78 is 11.6. The maximum absolute atomic E-state index is 12.6. The second-order valence-electron chi connectivity index (χ2n) is 7.44. The van der Waals surface area contributed by atoms with Crippen molar-refractivity contribution in [1.29, 1.82) is 0 Å². The minimum atomic E-state index is -0.164. The molecule has 0 bridgehead atoms. The van der Waals surface area contributed by atoms with Crippen LogP contribution in [0.25, 0.3) is 16.5 Å². The van der Waals surface area contributed by atoms with Crippen molar-refractivity contribution in [3.8, 4) is 5.75 Å². The first-order valence-corrected chi connectivity index (χ1v) is 9.36. The normalized spacial score (nSPS) is 11.8. The van der Waals surface area contributed by atoms with Crippen molar-refractivity contribution in [3.63, 3.8) is 0 Å². The van der Waals surface area contributed by atoms with E-state index in [9.17, 15) is 4.79 Å². The molecular weight excluding hydrogens is 350 g/mol. The van der Waals surface area contributed by atoms with Gasteiger partial charge < -0.3 is 14.5 Å². The van der Waals surface area contributed by atoms with E-state index in [2.05, 4.69) is 11.4 Å². The summed E-state index contributed by atoms with van der Waals surface area (Å²) in [7, 11) is 1.64. The quantitative estimate of drug-likeness (QED) is 0.565. The third kappa shape index (κ3) is 3.68. The monoisotopic (exact) mass is 377 g/mol. The highest BCUT2D eigenvalue weighted by Crippen LogP contribution is 2.38. The molecular formula is C24H27NO3. The predicted molar refractivity (Wildman–Crippen MR) is 115 cm³/mol. The van der Waals surface area contributed by atoms with Gasteiger partial charge in [-0.05, 0) is 82.0 Å². The molecule has 0 fully saturated rings. The van der Waals surface area contributed by atoms with Crippen LogP contribution in [0.1, 0.15) is 40.5 Å². The van der Waals surface area contributed by atoms with Crippen LogP contribution in [0.4, 0.5) is 5.69 Å². The minimum Gasteiger partial charge on any atom is -0.496 e. The molecule has 0 saturated carbocycles. The van der Waals surface area contributed by atoms with E-state index >= 15 is 0 Å². The van der Waals surface area contributed by atoms with Gasteiger partial charge in [-0.25, -0.2) is 0 Å². The number of carbonyl (C=O) groups excluding carboxylic acids is 1. The lowest BCUT2D eigenvalue weighted by atomic mass is 9.98. The summed E-state index contributed by atoms with van der Waals surface area (Å²) in [5.74, 6) is 1.46. The highest BCUT2D eigenvalue weighted by molar-refractivity contribution is 6.05. The fourth-order valence-electron chi connectivity index (χ4n) is 3.67. The van der Waals surface area contributed by atoms with E-state index in [4.69, 9.17) is 9.15 Å². The Bertz CT molecular complexity index is 1080. The van der Waals surface area contributed by atoms with E-state index < -0.39 is 0 Å². The van der Waals surface area contributed by atoms with Crippen molar-refractivity contribution in [3.05, 3.63) is 63.9 Å².